The van der Waals surface area contributed by atoms with E-state index in [4.69, 9.17) is 16.3 Å². The molecule has 0 radical (unpaired) electrons. The van der Waals surface area contributed by atoms with Crippen LogP contribution in [0, 0.1) is 5.41 Å². The van der Waals surface area contributed by atoms with Crippen LogP contribution >= 0.6 is 11.6 Å². The first-order chi connectivity index (χ1) is 6.97. The van der Waals surface area contributed by atoms with Gasteiger partial charge in [-0.1, -0.05) is 44.5 Å². The van der Waals surface area contributed by atoms with Crippen molar-refractivity contribution in [3.8, 4) is 0 Å². The van der Waals surface area contributed by atoms with Gasteiger partial charge >= 0.3 is 0 Å². The maximum atomic E-state index is 5.79. The molecule has 84 valence electrons. The zero-order valence-corrected chi connectivity index (χ0v) is 10.5. The predicted octanol–water partition coefficient (Wildman–Crippen LogP) is 4.29. The van der Waals surface area contributed by atoms with E-state index < -0.39 is 0 Å². The van der Waals surface area contributed by atoms with Crippen LogP contribution in [-0.2, 0) is 11.3 Å². The molecule has 1 rings (SSSR count). The molecule has 0 aliphatic carbocycles. The molecule has 0 heterocycles. The van der Waals surface area contributed by atoms with E-state index in [0.29, 0.717) is 12.0 Å². The molecule has 1 aromatic carbocycles. The van der Waals surface area contributed by atoms with Crippen LogP contribution < -0.4 is 0 Å². The number of halogens is 1. The molecule has 0 aliphatic heterocycles. The molecule has 0 N–H and O–H groups in total. The van der Waals surface area contributed by atoms with Gasteiger partial charge in [0.05, 0.1) is 6.61 Å². The van der Waals surface area contributed by atoms with Gasteiger partial charge in [-0.2, -0.15) is 0 Å². The number of rotatable bonds is 4. The zero-order valence-electron chi connectivity index (χ0n) is 9.72. The molecule has 0 aromatic heterocycles. The van der Waals surface area contributed by atoms with Gasteiger partial charge in [0.2, 0.25) is 0 Å². The van der Waals surface area contributed by atoms with Crippen molar-refractivity contribution in [2.45, 2.75) is 33.8 Å². The highest BCUT2D eigenvalue weighted by atomic mass is 35.5. The van der Waals surface area contributed by atoms with Crippen molar-refractivity contribution in [3.05, 3.63) is 34.9 Å². The van der Waals surface area contributed by atoms with Crippen LogP contribution in [0.1, 0.15) is 32.8 Å². The minimum atomic E-state index is 0.347. The smallest absolute Gasteiger partial charge is 0.0716 e. The molecular formula is C13H19ClO. The molecule has 0 saturated carbocycles. The van der Waals surface area contributed by atoms with Crippen molar-refractivity contribution in [1.29, 1.82) is 0 Å². The van der Waals surface area contributed by atoms with Crippen molar-refractivity contribution in [3.63, 3.8) is 0 Å². The summed E-state index contributed by atoms with van der Waals surface area (Å²) in [6.45, 7) is 8.15. The van der Waals surface area contributed by atoms with Crippen molar-refractivity contribution in [2.24, 2.45) is 5.41 Å². The molecule has 0 unspecified atom stereocenters. The van der Waals surface area contributed by atoms with Gasteiger partial charge in [-0.25, -0.2) is 0 Å². The Morgan fingerprint density at radius 2 is 1.73 bits per heavy atom. The van der Waals surface area contributed by atoms with E-state index in [1.54, 1.807) is 0 Å². The van der Waals surface area contributed by atoms with Crippen LogP contribution in [0.5, 0.6) is 0 Å². The molecule has 15 heavy (non-hydrogen) atoms. The fourth-order valence-electron chi connectivity index (χ4n) is 1.15. The molecule has 0 aliphatic rings. The van der Waals surface area contributed by atoms with E-state index in [2.05, 4.69) is 20.8 Å². The first kappa shape index (κ1) is 12.5. The third-order valence-corrected chi connectivity index (χ3v) is 2.43. The summed E-state index contributed by atoms with van der Waals surface area (Å²) in [6.07, 6.45) is 1.08. The summed E-state index contributed by atoms with van der Waals surface area (Å²) >= 11 is 5.79. The van der Waals surface area contributed by atoms with E-state index in [0.717, 1.165) is 18.1 Å². The summed E-state index contributed by atoms with van der Waals surface area (Å²) in [5.74, 6) is 0. The van der Waals surface area contributed by atoms with Crippen molar-refractivity contribution in [2.75, 3.05) is 6.61 Å². The van der Waals surface area contributed by atoms with Crippen LogP contribution in [0.15, 0.2) is 24.3 Å². The van der Waals surface area contributed by atoms with E-state index in [1.807, 2.05) is 24.3 Å². The van der Waals surface area contributed by atoms with Gasteiger partial charge < -0.3 is 4.74 Å². The second-order valence-corrected chi connectivity index (χ2v) is 5.43. The summed E-state index contributed by atoms with van der Waals surface area (Å²) in [6, 6.07) is 7.78. The number of ether oxygens (including phenoxy) is 1. The summed E-state index contributed by atoms with van der Waals surface area (Å²) in [5.41, 5.74) is 1.52. The predicted molar refractivity (Wildman–Crippen MR) is 65.2 cm³/mol. The quantitative estimate of drug-likeness (QED) is 0.696. The standard InChI is InChI=1S/C13H19ClO/c1-13(2,3)8-9-15-10-11-4-6-12(14)7-5-11/h4-7H,8-10H2,1-3H3. The second kappa shape index (κ2) is 5.53. The molecule has 0 atom stereocenters. The molecule has 2 heteroatoms. The Morgan fingerprint density at radius 1 is 1.13 bits per heavy atom. The Kier molecular flexibility index (Phi) is 4.62. The average molecular weight is 227 g/mol. The van der Waals surface area contributed by atoms with E-state index in [9.17, 15) is 0 Å². The van der Waals surface area contributed by atoms with Gasteiger partial charge in [-0.05, 0) is 29.5 Å². The highest BCUT2D eigenvalue weighted by Gasteiger charge is 2.09. The summed E-state index contributed by atoms with van der Waals surface area (Å²) < 4.78 is 5.59. The molecule has 0 amide bonds. The van der Waals surface area contributed by atoms with Gasteiger partial charge in [-0.15, -0.1) is 0 Å². The minimum absolute atomic E-state index is 0.347. The summed E-state index contributed by atoms with van der Waals surface area (Å²) in [4.78, 5) is 0. The monoisotopic (exact) mass is 226 g/mol. The second-order valence-electron chi connectivity index (χ2n) is 4.99. The molecular weight excluding hydrogens is 208 g/mol. The lowest BCUT2D eigenvalue weighted by Gasteiger charge is -2.17. The van der Waals surface area contributed by atoms with Gasteiger partial charge in [0.1, 0.15) is 0 Å². The van der Waals surface area contributed by atoms with Crippen LogP contribution in [0.25, 0.3) is 0 Å². The van der Waals surface area contributed by atoms with Crippen LogP contribution in [0.3, 0.4) is 0 Å². The topological polar surface area (TPSA) is 9.23 Å². The molecule has 1 nitrogen and oxygen atoms in total. The fraction of sp³-hybridized carbons (Fsp3) is 0.538. The zero-order chi connectivity index (χ0) is 11.3. The Labute approximate surface area is 97.4 Å². The van der Waals surface area contributed by atoms with Gasteiger partial charge in [0.15, 0.2) is 0 Å². The molecule has 0 saturated heterocycles. The van der Waals surface area contributed by atoms with Crippen LogP contribution in [-0.4, -0.2) is 6.61 Å². The first-order valence-corrected chi connectivity index (χ1v) is 5.67. The van der Waals surface area contributed by atoms with Gasteiger partial charge in [-0.3, -0.25) is 0 Å². The Morgan fingerprint density at radius 3 is 2.27 bits per heavy atom. The summed E-state index contributed by atoms with van der Waals surface area (Å²) in [7, 11) is 0. The molecule has 0 fully saturated rings. The first-order valence-electron chi connectivity index (χ1n) is 5.29. The average Bonchev–Trinajstić information content (AvgIpc) is 2.14. The van der Waals surface area contributed by atoms with Crippen LogP contribution in [0.4, 0.5) is 0 Å². The van der Waals surface area contributed by atoms with Crippen molar-refractivity contribution < 1.29 is 4.74 Å². The molecule has 0 spiro atoms. The van der Waals surface area contributed by atoms with Crippen molar-refractivity contribution >= 4 is 11.6 Å². The highest BCUT2D eigenvalue weighted by molar-refractivity contribution is 6.30. The maximum Gasteiger partial charge on any atom is 0.0716 e. The van der Waals surface area contributed by atoms with Crippen LogP contribution in [0.2, 0.25) is 5.02 Å². The Bertz CT molecular complexity index is 284. The molecule has 0 bridgehead atoms. The normalized spacial score (nSPS) is 11.7. The van der Waals surface area contributed by atoms with E-state index in [-0.39, 0.29) is 0 Å². The fourth-order valence-corrected chi connectivity index (χ4v) is 1.27. The van der Waals surface area contributed by atoms with Crippen molar-refractivity contribution in [1.82, 2.24) is 0 Å². The van der Waals surface area contributed by atoms with Gasteiger partial charge in [0.25, 0.3) is 0 Å². The highest BCUT2D eigenvalue weighted by Crippen LogP contribution is 2.18. The number of benzene rings is 1. The minimum Gasteiger partial charge on any atom is -0.377 e. The Hall–Kier alpha value is -0.530. The Balaban J connectivity index is 2.23. The molecule has 1 aromatic rings. The lowest BCUT2D eigenvalue weighted by Crippen LogP contribution is -2.09. The largest absolute Gasteiger partial charge is 0.377 e. The van der Waals surface area contributed by atoms with E-state index in [1.165, 1.54) is 5.56 Å². The lowest BCUT2D eigenvalue weighted by molar-refractivity contribution is 0.0962. The third-order valence-electron chi connectivity index (χ3n) is 2.18. The number of hydrogen-bond donors (Lipinski definition) is 0. The SMILES string of the molecule is CC(C)(C)CCOCc1ccc(Cl)cc1. The maximum absolute atomic E-state index is 5.79. The third kappa shape index (κ3) is 5.81. The number of hydrogen-bond acceptors (Lipinski definition) is 1. The summed E-state index contributed by atoms with van der Waals surface area (Å²) in [5, 5.41) is 0.772. The van der Waals surface area contributed by atoms with E-state index >= 15 is 0 Å². The lowest BCUT2D eigenvalue weighted by atomic mass is 9.93. The van der Waals surface area contributed by atoms with Gasteiger partial charge in [0, 0.05) is 11.6 Å².